The number of carbonyl (C=O) groups is 1. The molecule has 1 rings (SSSR count). The topological polar surface area (TPSA) is 71.1 Å². The predicted molar refractivity (Wildman–Crippen MR) is 77.2 cm³/mol. The van der Waals surface area contributed by atoms with Crippen LogP contribution in [0.5, 0.6) is 0 Å². The molecule has 1 heterocycles. The molecule has 2 N–H and O–H groups in total. The lowest BCUT2D eigenvalue weighted by atomic mass is 10.3. The molecular formula is C11H16BrN3O2S. The molecule has 7 heteroatoms. The number of rotatable bonds is 4. The smallest absolute Gasteiger partial charge is 0.320 e. The van der Waals surface area contributed by atoms with E-state index in [-0.39, 0.29) is 12.1 Å². The second-order valence-electron chi connectivity index (χ2n) is 4.00. The highest BCUT2D eigenvalue weighted by atomic mass is 79.9. The summed E-state index contributed by atoms with van der Waals surface area (Å²) in [4.78, 5) is 15.8. The van der Waals surface area contributed by atoms with Gasteiger partial charge < -0.3 is 5.32 Å². The Morgan fingerprint density at radius 1 is 1.56 bits per heavy atom. The third-order valence-electron chi connectivity index (χ3n) is 2.13. The minimum absolute atomic E-state index is 0.146. The van der Waals surface area contributed by atoms with Crippen molar-refractivity contribution in [3.63, 3.8) is 0 Å². The quantitative estimate of drug-likeness (QED) is 0.885. The van der Waals surface area contributed by atoms with Crippen molar-refractivity contribution in [3.05, 3.63) is 22.3 Å². The van der Waals surface area contributed by atoms with Crippen LogP contribution in [0.2, 0.25) is 0 Å². The van der Waals surface area contributed by atoms with Crippen LogP contribution >= 0.6 is 15.9 Å². The van der Waals surface area contributed by atoms with E-state index in [1.165, 1.54) is 0 Å². The number of nitrogens with one attached hydrogen (secondary N) is 2. The van der Waals surface area contributed by atoms with Crippen LogP contribution in [0.1, 0.15) is 12.6 Å². The molecule has 0 saturated carbocycles. The average molecular weight is 334 g/mol. The van der Waals surface area contributed by atoms with Crippen LogP contribution in [0.4, 0.5) is 10.6 Å². The highest BCUT2D eigenvalue weighted by molar-refractivity contribution is 9.10. The molecule has 0 saturated heterocycles. The van der Waals surface area contributed by atoms with E-state index in [0.29, 0.717) is 11.6 Å². The van der Waals surface area contributed by atoms with Gasteiger partial charge in [0.2, 0.25) is 0 Å². The average Bonchev–Trinajstić information content (AvgIpc) is 2.21. The fourth-order valence-electron chi connectivity index (χ4n) is 1.38. The molecule has 0 aliphatic rings. The van der Waals surface area contributed by atoms with E-state index in [4.69, 9.17) is 0 Å². The molecule has 0 aliphatic heterocycles. The van der Waals surface area contributed by atoms with Crippen molar-refractivity contribution in [2.75, 3.05) is 17.3 Å². The van der Waals surface area contributed by atoms with E-state index in [1.54, 1.807) is 19.2 Å². The summed E-state index contributed by atoms with van der Waals surface area (Å²) < 4.78 is 11.9. The zero-order valence-electron chi connectivity index (χ0n) is 10.5. The zero-order valence-corrected chi connectivity index (χ0v) is 12.9. The first-order valence-electron chi connectivity index (χ1n) is 5.39. The van der Waals surface area contributed by atoms with Crippen molar-refractivity contribution in [1.29, 1.82) is 0 Å². The lowest BCUT2D eigenvalue weighted by molar-refractivity contribution is 0.250. The van der Waals surface area contributed by atoms with Crippen LogP contribution in [-0.2, 0) is 10.8 Å². The molecular weight excluding hydrogens is 318 g/mol. The minimum atomic E-state index is -0.930. The van der Waals surface area contributed by atoms with Gasteiger partial charge in [-0.3, -0.25) is 9.53 Å². The Bertz CT molecular complexity index is 468. The number of hydrogen-bond donors (Lipinski definition) is 2. The molecule has 0 aromatic carbocycles. The third-order valence-corrected chi connectivity index (χ3v) is 3.93. The maximum atomic E-state index is 11.6. The lowest BCUT2D eigenvalue weighted by Crippen LogP contribution is -2.39. The van der Waals surface area contributed by atoms with Gasteiger partial charge in [-0.2, -0.15) is 0 Å². The van der Waals surface area contributed by atoms with Crippen LogP contribution < -0.4 is 10.6 Å². The van der Waals surface area contributed by atoms with E-state index < -0.39 is 10.8 Å². The second-order valence-corrected chi connectivity index (χ2v) is 6.34. The Hall–Kier alpha value is -0.950. The van der Waals surface area contributed by atoms with Crippen LogP contribution in [0, 0.1) is 6.92 Å². The van der Waals surface area contributed by atoms with E-state index in [9.17, 15) is 9.00 Å². The van der Waals surface area contributed by atoms with Gasteiger partial charge in [0.1, 0.15) is 5.82 Å². The van der Waals surface area contributed by atoms with E-state index >= 15 is 0 Å². The summed E-state index contributed by atoms with van der Waals surface area (Å²) >= 11 is 3.34. The van der Waals surface area contributed by atoms with Crippen molar-refractivity contribution >= 4 is 38.6 Å². The molecule has 1 aromatic rings. The van der Waals surface area contributed by atoms with Gasteiger partial charge in [-0.05, 0) is 41.9 Å². The summed E-state index contributed by atoms with van der Waals surface area (Å²) in [7, 11) is -0.930. The van der Waals surface area contributed by atoms with Crippen LogP contribution in [0.15, 0.2) is 16.6 Å². The molecule has 0 spiro atoms. The Morgan fingerprint density at radius 2 is 2.22 bits per heavy atom. The summed E-state index contributed by atoms with van der Waals surface area (Å²) in [6.07, 6.45) is 1.61. The van der Waals surface area contributed by atoms with Gasteiger partial charge >= 0.3 is 6.03 Å². The van der Waals surface area contributed by atoms with Crippen molar-refractivity contribution in [3.8, 4) is 0 Å². The summed E-state index contributed by atoms with van der Waals surface area (Å²) in [5, 5.41) is 5.33. The number of pyridine rings is 1. The molecule has 18 heavy (non-hydrogen) atoms. The maximum Gasteiger partial charge on any atom is 0.320 e. The number of carbonyl (C=O) groups excluding carboxylic acids is 1. The Kier molecular flexibility index (Phi) is 5.74. The molecule has 5 nitrogen and oxygen atoms in total. The van der Waals surface area contributed by atoms with Crippen LogP contribution in [0.3, 0.4) is 0 Å². The first kappa shape index (κ1) is 15.1. The predicted octanol–water partition coefficient (Wildman–Crippen LogP) is 2.04. The summed E-state index contributed by atoms with van der Waals surface area (Å²) in [6, 6.07) is 3.04. The minimum Gasteiger partial charge on any atom is -0.334 e. The van der Waals surface area contributed by atoms with Gasteiger partial charge in [-0.1, -0.05) is 0 Å². The fraction of sp³-hybridized carbons (Fsp3) is 0.455. The highest BCUT2D eigenvalue weighted by Crippen LogP contribution is 2.15. The Morgan fingerprint density at radius 3 is 2.78 bits per heavy atom. The molecule has 2 amide bonds. The van der Waals surface area contributed by atoms with E-state index in [2.05, 4.69) is 31.5 Å². The lowest BCUT2D eigenvalue weighted by Gasteiger charge is -2.13. The molecule has 0 bridgehead atoms. The van der Waals surface area contributed by atoms with Crippen molar-refractivity contribution in [1.82, 2.24) is 10.3 Å². The molecule has 0 radical (unpaired) electrons. The Labute approximate surface area is 117 Å². The monoisotopic (exact) mass is 333 g/mol. The van der Waals surface area contributed by atoms with Crippen LogP contribution in [0.25, 0.3) is 0 Å². The number of anilines is 1. The Balaban J connectivity index is 2.54. The number of aromatic nitrogens is 1. The SMILES string of the molecule is Cc1nc(NC(=O)N[C@@H](C)C[S@@](C)=O)ccc1Br. The van der Waals surface area contributed by atoms with Crippen molar-refractivity contribution < 1.29 is 9.00 Å². The number of halogens is 1. The van der Waals surface area contributed by atoms with Gasteiger partial charge in [-0.15, -0.1) is 0 Å². The number of aryl methyl sites for hydroxylation is 1. The van der Waals surface area contributed by atoms with Crippen molar-refractivity contribution in [2.24, 2.45) is 0 Å². The zero-order chi connectivity index (χ0) is 13.7. The number of nitrogens with zero attached hydrogens (tertiary/aromatic N) is 1. The molecule has 0 unspecified atom stereocenters. The fourth-order valence-corrected chi connectivity index (χ4v) is 2.39. The van der Waals surface area contributed by atoms with Crippen LogP contribution in [-0.4, -0.2) is 33.3 Å². The maximum absolute atomic E-state index is 11.6. The molecule has 2 atom stereocenters. The summed E-state index contributed by atoms with van der Waals surface area (Å²) in [5.41, 5.74) is 0.801. The second kappa shape index (κ2) is 6.84. The largest absolute Gasteiger partial charge is 0.334 e. The van der Waals surface area contributed by atoms with E-state index in [0.717, 1.165) is 10.2 Å². The molecule has 0 aliphatic carbocycles. The van der Waals surface area contributed by atoms with Gasteiger partial charge in [0, 0.05) is 33.3 Å². The van der Waals surface area contributed by atoms with Gasteiger partial charge in [0.05, 0.1) is 5.69 Å². The van der Waals surface area contributed by atoms with Gasteiger partial charge in [-0.25, -0.2) is 9.78 Å². The van der Waals surface area contributed by atoms with E-state index in [1.807, 2.05) is 13.0 Å². The molecule has 1 aromatic heterocycles. The number of hydrogen-bond acceptors (Lipinski definition) is 3. The summed E-state index contributed by atoms with van der Waals surface area (Å²) in [6.45, 7) is 3.65. The molecule has 0 fully saturated rings. The molecule has 100 valence electrons. The van der Waals surface area contributed by atoms with Crippen molar-refractivity contribution in [2.45, 2.75) is 19.9 Å². The van der Waals surface area contributed by atoms with Gasteiger partial charge in [0.15, 0.2) is 0 Å². The standard InChI is InChI=1S/C11H16BrN3O2S/c1-7(6-18(3)17)13-11(16)15-10-5-4-9(12)8(2)14-10/h4-5,7H,6H2,1-3H3,(H2,13,14,15,16)/t7-,18+/m0/s1. The number of urea groups is 1. The normalized spacial score (nSPS) is 13.8. The summed E-state index contributed by atoms with van der Waals surface area (Å²) in [5.74, 6) is 0.915. The van der Waals surface area contributed by atoms with Gasteiger partial charge in [0.25, 0.3) is 0 Å². The first-order chi connectivity index (χ1) is 8.38. The number of amides is 2. The third kappa shape index (κ3) is 5.14. The highest BCUT2D eigenvalue weighted by Gasteiger charge is 2.09. The first-order valence-corrected chi connectivity index (χ1v) is 7.91.